The van der Waals surface area contributed by atoms with Crippen molar-refractivity contribution in [2.75, 3.05) is 0 Å². The topological polar surface area (TPSA) is 82.3 Å². The maximum atomic E-state index is 11.7. The number of nitrogens with one attached hydrogen (secondary N) is 1. The Morgan fingerprint density at radius 3 is 2.50 bits per heavy atom. The Morgan fingerprint density at radius 2 is 2.00 bits per heavy atom. The average Bonchev–Trinajstić information content (AvgIpc) is 2.36. The van der Waals surface area contributed by atoms with Crippen molar-refractivity contribution in [3.05, 3.63) is 35.9 Å². The maximum Gasteiger partial charge on any atom is 0.407 e. The zero-order chi connectivity index (χ0) is 15.2. The molecule has 0 radical (unpaired) electrons. The molecule has 5 heteroatoms. The minimum absolute atomic E-state index is 0.285. The van der Waals surface area contributed by atoms with Gasteiger partial charge in [0, 0.05) is 12.0 Å². The van der Waals surface area contributed by atoms with Gasteiger partial charge in [-0.3, -0.25) is 0 Å². The van der Waals surface area contributed by atoms with Crippen LogP contribution in [0.1, 0.15) is 26.3 Å². The van der Waals surface area contributed by atoms with E-state index in [1.165, 1.54) is 0 Å². The molecule has 2 N–H and O–H groups in total. The first kappa shape index (κ1) is 16.0. The quantitative estimate of drug-likeness (QED) is 0.824. The Morgan fingerprint density at radius 1 is 1.40 bits per heavy atom. The van der Waals surface area contributed by atoms with E-state index in [1.54, 1.807) is 6.07 Å². The van der Waals surface area contributed by atoms with Crippen LogP contribution in [0.15, 0.2) is 30.3 Å². The van der Waals surface area contributed by atoms with Gasteiger partial charge < -0.3 is 15.2 Å². The number of nitrogens with zero attached hydrogens (tertiary/aromatic N) is 1. The van der Waals surface area contributed by atoms with E-state index >= 15 is 0 Å². The SMILES string of the molecule is CC(C)(C)NC(=O)O[C@@H](Cc1ccccc1)C(O)C#N. The van der Waals surface area contributed by atoms with Crippen molar-refractivity contribution < 1.29 is 14.6 Å². The summed E-state index contributed by atoms with van der Waals surface area (Å²) in [6.45, 7) is 5.46. The minimum Gasteiger partial charge on any atom is -0.442 e. The second kappa shape index (κ2) is 6.92. The Labute approximate surface area is 119 Å². The van der Waals surface area contributed by atoms with Crippen molar-refractivity contribution in [2.24, 2.45) is 0 Å². The molecule has 0 saturated heterocycles. The molecular formula is C15H20N2O3. The largest absolute Gasteiger partial charge is 0.442 e. The first-order valence-corrected chi connectivity index (χ1v) is 6.42. The molecule has 0 aliphatic rings. The standard InChI is InChI=1S/C15H20N2O3/c1-15(2,3)17-14(19)20-13(12(18)10-16)9-11-7-5-4-6-8-11/h4-8,12-13,18H,9H2,1-3H3,(H,17,19)/t12?,13-/m0/s1. The molecule has 0 aliphatic carbocycles. The first-order chi connectivity index (χ1) is 9.31. The van der Waals surface area contributed by atoms with Gasteiger partial charge in [0.25, 0.3) is 0 Å². The summed E-state index contributed by atoms with van der Waals surface area (Å²) in [6, 6.07) is 11.0. The molecule has 1 aromatic carbocycles. The number of aliphatic hydroxyl groups excluding tert-OH is 1. The number of aliphatic hydroxyl groups is 1. The highest BCUT2D eigenvalue weighted by molar-refractivity contribution is 5.68. The summed E-state index contributed by atoms with van der Waals surface area (Å²) in [5.74, 6) is 0. The molecule has 0 aromatic heterocycles. The number of rotatable bonds is 4. The third-order valence-electron chi connectivity index (χ3n) is 2.50. The van der Waals surface area contributed by atoms with E-state index in [9.17, 15) is 9.90 Å². The Bertz CT molecular complexity index is 474. The fourth-order valence-electron chi connectivity index (χ4n) is 1.62. The maximum absolute atomic E-state index is 11.7. The lowest BCUT2D eigenvalue weighted by atomic mass is 10.0. The Kier molecular flexibility index (Phi) is 5.53. The molecule has 0 bridgehead atoms. The van der Waals surface area contributed by atoms with Crippen LogP contribution >= 0.6 is 0 Å². The number of hydrogen-bond donors (Lipinski definition) is 2. The van der Waals surface area contributed by atoms with Gasteiger partial charge in [0.2, 0.25) is 0 Å². The van der Waals surface area contributed by atoms with Crippen molar-refractivity contribution >= 4 is 6.09 Å². The van der Waals surface area contributed by atoms with E-state index in [0.717, 1.165) is 5.56 Å². The average molecular weight is 276 g/mol. The second-order valence-corrected chi connectivity index (χ2v) is 5.58. The monoisotopic (exact) mass is 276 g/mol. The van der Waals surface area contributed by atoms with Crippen molar-refractivity contribution in [2.45, 2.75) is 44.9 Å². The molecule has 1 aromatic rings. The van der Waals surface area contributed by atoms with E-state index in [0.29, 0.717) is 0 Å². The summed E-state index contributed by atoms with van der Waals surface area (Å²) in [5, 5.41) is 21.1. The summed E-state index contributed by atoms with van der Waals surface area (Å²) in [6.07, 6.45) is -2.62. The van der Waals surface area contributed by atoms with Crippen LogP contribution < -0.4 is 5.32 Å². The molecule has 1 amide bonds. The van der Waals surface area contributed by atoms with E-state index in [4.69, 9.17) is 10.00 Å². The summed E-state index contributed by atoms with van der Waals surface area (Å²) in [5.41, 5.74) is 0.446. The number of alkyl carbamates (subject to hydrolysis) is 1. The van der Waals surface area contributed by atoms with E-state index in [-0.39, 0.29) is 6.42 Å². The molecule has 20 heavy (non-hydrogen) atoms. The number of carbonyl (C=O) groups is 1. The van der Waals surface area contributed by atoms with Crippen LogP contribution in [0.2, 0.25) is 0 Å². The van der Waals surface area contributed by atoms with Gasteiger partial charge in [-0.2, -0.15) is 5.26 Å². The van der Waals surface area contributed by atoms with Crippen molar-refractivity contribution in [3.63, 3.8) is 0 Å². The lowest BCUT2D eigenvalue weighted by Gasteiger charge is -2.24. The zero-order valence-corrected chi connectivity index (χ0v) is 12.0. The smallest absolute Gasteiger partial charge is 0.407 e. The predicted octanol–water partition coefficient (Wildman–Crippen LogP) is 2.01. The van der Waals surface area contributed by atoms with Gasteiger partial charge >= 0.3 is 6.09 Å². The number of hydrogen-bond acceptors (Lipinski definition) is 4. The predicted molar refractivity (Wildman–Crippen MR) is 74.9 cm³/mol. The number of carbonyl (C=O) groups excluding carboxylic acids is 1. The molecule has 108 valence electrons. The second-order valence-electron chi connectivity index (χ2n) is 5.58. The van der Waals surface area contributed by atoms with Crippen LogP contribution in [0.3, 0.4) is 0 Å². The number of amides is 1. The Hall–Kier alpha value is -2.06. The van der Waals surface area contributed by atoms with Gasteiger partial charge in [-0.15, -0.1) is 0 Å². The Balaban J connectivity index is 2.71. The third kappa shape index (κ3) is 5.72. The summed E-state index contributed by atoms with van der Waals surface area (Å²) < 4.78 is 5.16. The third-order valence-corrected chi connectivity index (χ3v) is 2.50. The lowest BCUT2D eigenvalue weighted by molar-refractivity contribution is 0.0260. The molecule has 0 aliphatic heterocycles. The molecule has 0 spiro atoms. The van der Waals surface area contributed by atoms with Crippen LogP contribution in [0.4, 0.5) is 4.79 Å². The first-order valence-electron chi connectivity index (χ1n) is 6.42. The highest BCUT2D eigenvalue weighted by atomic mass is 16.6. The summed E-state index contributed by atoms with van der Waals surface area (Å²) in [7, 11) is 0. The normalized spacial score (nSPS) is 13.9. The van der Waals surface area contributed by atoms with Crippen LogP contribution in [0.25, 0.3) is 0 Å². The van der Waals surface area contributed by atoms with Crippen LogP contribution in [-0.4, -0.2) is 28.9 Å². The highest BCUT2D eigenvalue weighted by Crippen LogP contribution is 2.11. The molecule has 1 unspecified atom stereocenters. The molecule has 1 rings (SSSR count). The zero-order valence-electron chi connectivity index (χ0n) is 12.0. The molecule has 0 fully saturated rings. The lowest BCUT2D eigenvalue weighted by Crippen LogP contribution is -2.44. The molecule has 2 atom stereocenters. The molecular weight excluding hydrogens is 256 g/mol. The van der Waals surface area contributed by atoms with Crippen molar-refractivity contribution in [1.82, 2.24) is 5.32 Å². The fourth-order valence-corrected chi connectivity index (χ4v) is 1.62. The van der Waals surface area contributed by atoms with Gasteiger partial charge in [-0.25, -0.2) is 4.79 Å². The minimum atomic E-state index is -1.36. The van der Waals surface area contributed by atoms with E-state index < -0.39 is 23.8 Å². The van der Waals surface area contributed by atoms with Crippen LogP contribution in [0, 0.1) is 11.3 Å². The number of benzene rings is 1. The van der Waals surface area contributed by atoms with Gasteiger partial charge in [-0.1, -0.05) is 30.3 Å². The summed E-state index contributed by atoms with van der Waals surface area (Å²) in [4.78, 5) is 11.7. The summed E-state index contributed by atoms with van der Waals surface area (Å²) >= 11 is 0. The van der Waals surface area contributed by atoms with E-state index in [1.807, 2.05) is 51.1 Å². The number of ether oxygens (including phenoxy) is 1. The molecule has 0 heterocycles. The fraction of sp³-hybridized carbons (Fsp3) is 0.467. The van der Waals surface area contributed by atoms with E-state index in [2.05, 4.69) is 5.32 Å². The highest BCUT2D eigenvalue weighted by Gasteiger charge is 2.25. The van der Waals surface area contributed by atoms with Gasteiger partial charge in [0.05, 0.1) is 6.07 Å². The van der Waals surface area contributed by atoms with Gasteiger partial charge in [-0.05, 0) is 26.3 Å². The molecule has 0 saturated carbocycles. The van der Waals surface area contributed by atoms with Gasteiger partial charge in [0.15, 0.2) is 6.10 Å². The van der Waals surface area contributed by atoms with Crippen molar-refractivity contribution in [3.8, 4) is 6.07 Å². The van der Waals surface area contributed by atoms with Crippen LogP contribution in [0.5, 0.6) is 0 Å². The number of nitriles is 1. The van der Waals surface area contributed by atoms with Gasteiger partial charge in [0.1, 0.15) is 6.10 Å². The molecule has 5 nitrogen and oxygen atoms in total. The van der Waals surface area contributed by atoms with Crippen LogP contribution in [-0.2, 0) is 11.2 Å². The van der Waals surface area contributed by atoms with Crippen molar-refractivity contribution in [1.29, 1.82) is 5.26 Å².